The fourth-order valence-corrected chi connectivity index (χ4v) is 6.58. The average Bonchev–Trinajstić information content (AvgIpc) is 2.86. The Morgan fingerprint density at radius 2 is 1.97 bits per heavy atom. The quantitative estimate of drug-likeness (QED) is 0.437. The van der Waals surface area contributed by atoms with Gasteiger partial charge in [0.05, 0.1) is 11.9 Å². The highest BCUT2D eigenvalue weighted by atomic mass is 32.2. The van der Waals surface area contributed by atoms with Gasteiger partial charge >= 0.3 is 0 Å². The topological polar surface area (TPSA) is 121 Å². The van der Waals surface area contributed by atoms with Crippen LogP contribution in [-0.4, -0.2) is 69.8 Å². The van der Waals surface area contributed by atoms with Crippen molar-refractivity contribution >= 4 is 43.6 Å². The summed E-state index contributed by atoms with van der Waals surface area (Å²) in [6, 6.07) is 3.76. The molecule has 0 bridgehead atoms. The van der Waals surface area contributed by atoms with Gasteiger partial charge in [0, 0.05) is 48.7 Å². The van der Waals surface area contributed by atoms with E-state index in [1.807, 2.05) is 19.2 Å². The molecular formula is C28H35FN6O3S. The van der Waals surface area contributed by atoms with Gasteiger partial charge in [-0.05, 0) is 67.3 Å². The summed E-state index contributed by atoms with van der Waals surface area (Å²) in [7, 11) is -3.05. The van der Waals surface area contributed by atoms with E-state index in [-0.39, 0.29) is 23.6 Å². The maximum atomic E-state index is 14.7. The van der Waals surface area contributed by atoms with Crippen LogP contribution in [0.5, 0.6) is 0 Å². The number of nitrogens with one attached hydrogen (secondary N) is 1. The van der Waals surface area contributed by atoms with Crippen LogP contribution in [0, 0.1) is 5.92 Å². The second-order valence-corrected chi connectivity index (χ2v) is 13.5. The molecule has 0 amide bonds. The average molecular weight is 555 g/mol. The Kier molecular flexibility index (Phi) is 7.09. The van der Waals surface area contributed by atoms with Crippen LogP contribution in [0.4, 0.5) is 21.8 Å². The predicted octanol–water partition coefficient (Wildman–Crippen LogP) is 4.42. The van der Waals surface area contributed by atoms with E-state index in [0.717, 1.165) is 22.2 Å². The second kappa shape index (κ2) is 10.1. The van der Waals surface area contributed by atoms with E-state index in [9.17, 15) is 17.9 Å². The molecule has 0 unspecified atom stereocenters. The molecule has 0 aromatic carbocycles. The molecule has 9 nitrogen and oxygen atoms in total. The molecule has 1 aliphatic carbocycles. The van der Waals surface area contributed by atoms with E-state index in [4.69, 9.17) is 4.98 Å². The van der Waals surface area contributed by atoms with Crippen molar-refractivity contribution in [2.75, 3.05) is 28.8 Å². The molecule has 0 radical (unpaired) electrons. The first-order valence-corrected chi connectivity index (χ1v) is 15.3. The van der Waals surface area contributed by atoms with Crippen LogP contribution in [0.25, 0.3) is 16.3 Å². The van der Waals surface area contributed by atoms with Gasteiger partial charge in [0.15, 0.2) is 11.5 Å². The molecule has 2 aliphatic rings. The maximum absolute atomic E-state index is 14.7. The van der Waals surface area contributed by atoms with Gasteiger partial charge in [0.25, 0.3) is 0 Å². The standard InChI is InChI=1S/C28H35FN6O3S/c1-16(2)21-12-32-27(35-14-19(17(35)3)15-39(5,37)38)22-13-31-25(10-20(21)22)33-24-8-9-30-26(34-24)18-6-7-23(36)28(4,29)11-18/h8-13,16-17,19,23,36H,6-7,14-15H2,1-5H3,(H,30,31,33,34)/t17-,19-,23+,28-/m0/s1. The van der Waals surface area contributed by atoms with Crippen LogP contribution in [0.15, 0.2) is 36.8 Å². The molecule has 1 fully saturated rings. The van der Waals surface area contributed by atoms with Crippen molar-refractivity contribution in [1.82, 2.24) is 19.9 Å². The lowest BCUT2D eigenvalue weighted by atomic mass is 9.86. The van der Waals surface area contributed by atoms with Crippen molar-refractivity contribution in [2.45, 2.75) is 64.3 Å². The van der Waals surface area contributed by atoms with Gasteiger partial charge in [-0.1, -0.05) is 13.8 Å². The zero-order chi connectivity index (χ0) is 28.1. The van der Waals surface area contributed by atoms with E-state index >= 15 is 0 Å². The minimum absolute atomic E-state index is 0.0546. The number of aliphatic hydroxyl groups excluding tert-OH is 1. The number of halogens is 1. The lowest BCUT2D eigenvalue weighted by Crippen LogP contribution is -2.57. The molecule has 4 atom stereocenters. The first-order valence-electron chi connectivity index (χ1n) is 13.2. The lowest BCUT2D eigenvalue weighted by Gasteiger charge is -2.47. The largest absolute Gasteiger partial charge is 0.389 e. The highest BCUT2D eigenvalue weighted by Gasteiger charge is 2.39. The summed E-state index contributed by atoms with van der Waals surface area (Å²) in [5, 5.41) is 15.1. The van der Waals surface area contributed by atoms with E-state index < -0.39 is 21.6 Å². The van der Waals surface area contributed by atoms with Crippen LogP contribution in [-0.2, 0) is 9.84 Å². The first-order chi connectivity index (χ1) is 18.3. The highest BCUT2D eigenvalue weighted by Crippen LogP contribution is 2.38. The number of aliphatic hydroxyl groups is 1. The highest BCUT2D eigenvalue weighted by molar-refractivity contribution is 7.90. The number of aromatic nitrogens is 4. The van der Waals surface area contributed by atoms with Crippen molar-refractivity contribution in [3.63, 3.8) is 0 Å². The van der Waals surface area contributed by atoms with Crippen molar-refractivity contribution in [2.24, 2.45) is 5.92 Å². The van der Waals surface area contributed by atoms with Crippen LogP contribution in [0.3, 0.4) is 0 Å². The summed E-state index contributed by atoms with van der Waals surface area (Å²) < 4.78 is 38.3. The number of fused-ring (bicyclic) bond motifs is 1. The molecule has 0 saturated carbocycles. The fourth-order valence-electron chi connectivity index (χ4n) is 5.42. The molecule has 2 N–H and O–H groups in total. The molecule has 4 heterocycles. The van der Waals surface area contributed by atoms with Crippen molar-refractivity contribution in [3.8, 4) is 0 Å². The van der Waals surface area contributed by atoms with Crippen LogP contribution >= 0.6 is 0 Å². The zero-order valence-electron chi connectivity index (χ0n) is 22.9. The third-order valence-corrected chi connectivity index (χ3v) is 8.83. The van der Waals surface area contributed by atoms with E-state index in [2.05, 4.69) is 39.0 Å². The van der Waals surface area contributed by atoms with Crippen LogP contribution < -0.4 is 10.2 Å². The van der Waals surface area contributed by atoms with Crippen LogP contribution in [0.1, 0.15) is 57.8 Å². The maximum Gasteiger partial charge on any atom is 0.157 e. The minimum atomic E-state index is -3.05. The van der Waals surface area contributed by atoms with Gasteiger partial charge in [-0.3, -0.25) is 0 Å². The summed E-state index contributed by atoms with van der Waals surface area (Å²) >= 11 is 0. The van der Waals surface area contributed by atoms with Crippen molar-refractivity contribution in [3.05, 3.63) is 48.2 Å². The summed E-state index contributed by atoms with van der Waals surface area (Å²) in [4.78, 5) is 20.5. The van der Waals surface area contributed by atoms with Gasteiger partial charge in [-0.2, -0.15) is 0 Å². The molecule has 3 aromatic rings. The predicted molar refractivity (Wildman–Crippen MR) is 152 cm³/mol. The number of allylic oxidation sites excluding steroid dienone is 1. The molecular weight excluding hydrogens is 519 g/mol. The molecule has 0 spiro atoms. The number of hydrogen-bond acceptors (Lipinski definition) is 9. The molecule has 11 heteroatoms. The number of nitrogens with zero attached hydrogens (tertiary/aromatic N) is 5. The summed E-state index contributed by atoms with van der Waals surface area (Å²) in [6.45, 7) is 8.25. The Labute approximate surface area is 228 Å². The molecule has 3 aromatic heterocycles. The summed E-state index contributed by atoms with van der Waals surface area (Å²) in [5.41, 5.74) is -0.0782. The Morgan fingerprint density at radius 1 is 1.21 bits per heavy atom. The van der Waals surface area contributed by atoms with E-state index in [1.165, 1.54) is 19.3 Å². The summed E-state index contributed by atoms with van der Waals surface area (Å²) in [6.07, 6.45) is 7.76. The van der Waals surface area contributed by atoms with Gasteiger partial charge < -0.3 is 15.3 Å². The number of alkyl halides is 1. The molecule has 1 saturated heterocycles. The monoisotopic (exact) mass is 554 g/mol. The van der Waals surface area contributed by atoms with Gasteiger partial charge in [0.1, 0.15) is 27.3 Å². The van der Waals surface area contributed by atoms with Gasteiger partial charge in [0.2, 0.25) is 0 Å². The molecule has 5 rings (SSSR count). The number of sulfone groups is 1. The van der Waals surface area contributed by atoms with E-state index in [0.29, 0.717) is 42.4 Å². The zero-order valence-corrected chi connectivity index (χ0v) is 23.7. The first kappa shape index (κ1) is 27.4. The van der Waals surface area contributed by atoms with Crippen molar-refractivity contribution in [1.29, 1.82) is 0 Å². The normalized spacial score (nSPS) is 25.5. The van der Waals surface area contributed by atoms with E-state index in [1.54, 1.807) is 18.5 Å². The van der Waals surface area contributed by atoms with Gasteiger partial charge in [-0.25, -0.2) is 32.7 Å². The van der Waals surface area contributed by atoms with Gasteiger partial charge in [-0.15, -0.1) is 0 Å². The third kappa shape index (κ3) is 5.60. The number of anilines is 3. The fraction of sp³-hybridized carbons (Fsp3) is 0.500. The Hall–Kier alpha value is -3.18. The number of hydrogen-bond donors (Lipinski definition) is 2. The molecule has 1 aliphatic heterocycles. The number of pyridine rings is 2. The summed E-state index contributed by atoms with van der Waals surface area (Å²) in [5.74, 6) is 2.81. The Balaban J connectivity index is 1.44. The molecule has 39 heavy (non-hydrogen) atoms. The smallest absolute Gasteiger partial charge is 0.157 e. The Bertz CT molecular complexity index is 1540. The second-order valence-electron chi connectivity index (χ2n) is 11.3. The Morgan fingerprint density at radius 3 is 2.64 bits per heavy atom. The molecule has 208 valence electrons. The number of rotatable bonds is 7. The van der Waals surface area contributed by atoms with Crippen molar-refractivity contribution < 1.29 is 17.9 Å². The SMILES string of the molecule is CC(C)c1cnc(N2C[C@@H](CS(C)(=O)=O)[C@@H]2C)c2cnc(Nc3ccnc(C4=C[C@](C)(F)[C@H](O)CC4)n3)cc12. The minimum Gasteiger partial charge on any atom is -0.389 e. The van der Waals surface area contributed by atoms with Crippen LogP contribution in [0.2, 0.25) is 0 Å². The lowest BCUT2D eigenvalue weighted by molar-refractivity contribution is 0.0284. The third-order valence-electron chi connectivity index (χ3n) is 7.79.